The van der Waals surface area contributed by atoms with Crippen LogP contribution in [0.5, 0.6) is 0 Å². The quantitative estimate of drug-likeness (QED) is 0.765. The van der Waals surface area contributed by atoms with E-state index in [2.05, 4.69) is 31.4 Å². The van der Waals surface area contributed by atoms with E-state index in [9.17, 15) is 4.79 Å². The Labute approximate surface area is 126 Å². The van der Waals surface area contributed by atoms with Crippen LogP contribution in [0, 0.1) is 0 Å². The number of fused-ring (bicyclic) bond motifs is 2. The van der Waals surface area contributed by atoms with Gasteiger partial charge in [0, 0.05) is 23.8 Å². The summed E-state index contributed by atoms with van der Waals surface area (Å²) in [4.78, 5) is 23.2. The number of hydrogen-bond donors (Lipinski definition) is 2. The van der Waals surface area contributed by atoms with Gasteiger partial charge >= 0.3 is 0 Å². The summed E-state index contributed by atoms with van der Waals surface area (Å²) in [6, 6.07) is 3.83. The summed E-state index contributed by atoms with van der Waals surface area (Å²) in [5.41, 5.74) is 3.31. The van der Waals surface area contributed by atoms with Crippen LogP contribution in [0.3, 0.4) is 0 Å². The van der Waals surface area contributed by atoms with E-state index in [-0.39, 0.29) is 5.91 Å². The largest absolute Gasteiger partial charge is 0.345 e. The predicted molar refractivity (Wildman–Crippen MR) is 80.2 cm³/mol. The van der Waals surface area contributed by atoms with Crippen molar-refractivity contribution in [1.29, 1.82) is 0 Å². The molecule has 0 unspecified atom stereocenters. The molecule has 4 rings (SSSR count). The zero-order valence-corrected chi connectivity index (χ0v) is 12.0. The Morgan fingerprint density at radius 2 is 2.32 bits per heavy atom. The molecule has 0 atom stereocenters. The Morgan fingerprint density at radius 3 is 3.18 bits per heavy atom. The van der Waals surface area contributed by atoms with Crippen molar-refractivity contribution in [2.24, 2.45) is 0 Å². The van der Waals surface area contributed by atoms with E-state index in [0.29, 0.717) is 17.9 Å². The average Bonchev–Trinajstić information content (AvgIpc) is 3.15. The van der Waals surface area contributed by atoms with E-state index in [4.69, 9.17) is 0 Å². The minimum Gasteiger partial charge on any atom is -0.345 e. The van der Waals surface area contributed by atoms with E-state index >= 15 is 0 Å². The fourth-order valence-corrected chi connectivity index (χ4v) is 2.82. The lowest BCUT2D eigenvalue weighted by molar-refractivity contribution is 0.0946. The highest BCUT2D eigenvalue weighted by Gasteiger charge is 2.14. The van der Waals surface area contributed by atoms with E-state index in [1.54, 1.807) is 12.3 Å². The third-order valence-electron chi connectivity index (χ3n) is 3.93. The number of carbonyl (C=O) groups is 1. The maximum absolute atomic E-state index is 12.2. The molecule has 7 nitrogen and oxygen atoms in total. The van der Waals surface area contributed by atoms with Crippen LogP contribution in [0.15, 0.2) is 24.7 Å². The molecule has 0 bridgehead atoms. The third kappa shape index (κ3) is 2.34. The molecule has 0 spiro atoms. The smallest absolute Gasteiger partial charge is 0.268 e. The lowest BCUT2D eigenvalue weighted by Gasteiger charge is -2.11. The highest BCUT2D eigenvalue weighted by molar-refractivity contribution is 5.96. The van der Waals surface area contributed by atoms with Crippen molar-refractivity contribution >= 4 is 16.9 Å². The average molecular weight is 296 g/mol. The van der Waals surface area contributed by atoms with Crippen LogP contribution in [0.25, 0.3) is 11.0 Å². The number of rotatable bonds is 3. The van der Waals surface area contributed by atoms with Crippen LogP contribution >= 0.6 is 0 Å². The van der Waals surface area contributed by atoms with Crippen LogP contribution in [0.2, 0.25) is 0 Å². The molecular weight excluding hydrogens is 280 g/mol. The minimum atomic E-state index is -0.163. The van der Waals surface area contributed by atoms with Crippen molar-refractivity contribution in [3.63, 3.8) is 0 Å². The van der Waals surface area contributed by atoms with Gasteiger partial charge in [0.15, 0.2) is 0 Å². The number of aryl methyl sites for hydroxylation is 2. The van der Waals surface area contributed by atoms with Gasteiger partial charge < -0.3 is 10.3 Å². The minimum absolute atomic E-state index is 0.163. The first-order chi connectivity index (χ1) is 10.8. The van der Waals surface area contributed by atoms with E-state index in [1.807, 2.05) is 4.68 Å². The monoisotopic (exact) mass is 296 g/mol. The van der Waals surface area contributed by atoms with Gasteiger partial charge in [0.1, 0.15) is 17.7 Å². The number of H-pyrrole nitrogens is 1. The summed E-state index contributed by atoms with van der Waals surface area (Å²) in [5.74, 6) is -0.163. The van der Waals surface area contributed by atoms with Crippen molar-refractivity contribution in [2.75, 3.05) is 0 Å². The van der Waals surface area contributed by atoms with E-state index in [0.717, 1.165) is 24.0 Å². The summed E-state index contributed by atoms with van der Waals surface area (Å²) < 4.78 is 2.05. The maximum Gasteiger partial charge on any atom is 0.268 e. The zero-order valence-electron chi connectivity index (χ0n) is 12.0. The van der Waals surface area contributed by atoms with Gasteiger partial charge in [-0.1, -0.05) is 0 Å². The lowest BCUT2D eigenvalue weighted by Crippen LogP contribution is -2.23. The van der Waals surface area contributed by atoms with Gasteiger partial charge in [-0.25, -0.2) is 9.97 Å². The molecule has 112 valence electrons. The van der Waals surface area contributed by atoms with Crippen molar-refractivity contribution in [3.05, 3.63) is 41.7 Å². The van der Waals surface area contributed by atoms with Crippen molar-refractivity contribution in [1.82, 2.24) is 30.0 Å². The molecule has 7 heteroatoms. The summed E-state index contributed by atoms with van der Waals surface area (Å²) in [6.45, 7) is 1.41. The fraction of sp³-hybridized carbons (Fsp3) is 0.333. The zero-order chi connectivity index (χ0) is 14.9. The molecule has 0 saturated carbocycles. The summed E-state index contributed by atoms with van der Waals surface area (Å²) in [5, 5.41) is 8.24. The number of carbonyl (C=O) groups excluding carboxylic acids is 1. The van der Waals surface area contributed by atoms with Gasteiger partial charge in [-0.3, -0.25) is 9.48 Å². The van der Waals surface area contributed by atoms with Gasteiger partial charge in [0.2, 0.25) is 0 Å². The predicted octanol–water partition coefficient (Wildman–Crippen LogP) is 1.42. The van der Waals surface area contributed by atoms with Gasteiger partial charge in [0.25, 0.3) is 5.91 Å². The van der Waals surface area contributed by atoms with Crippen LogP contribution < -0.4 is 5.32 Å². The van der Waals surface area contributed by atoms with E-state index < -0.39 is 0 Å². The molecule has 0 radical (unpaired) electrons. The Hall–Kier alpha value is -2.70. The Kier molecular flexibility index (Phi) is 3.10. The second-order valence-electron chi connectivity index (χ2n) is 5.50. The molecule has 22 heavy (non-hydrogen) atoms. The normalized spacial score (nSPS) is 14.0. The number of aromatic nitrogens is 5. The number of hydrogen-bond acceptors (Lipinski definition) is 4. The Balaban J connectivity index is 1.46. The standard InChI is InChI=1S/C15H16N6O/c22-15(13-5-10-7-16-9-18-14(10)19-13)17-8-11-6-12-3-1-2-4-21(12)20-11/h5-7,9H,1-4,8H2,(H,17,22)(H,16,18,19). The maximum atomic E-state index is 12.2. The third-order valence-corrected chi connectivity index (χ3v) is 3.93. The molecule has 4 heterocycles. The topological polar surface area (TPSA) is 88.5 Å². The number of aromatic amines is 1. The molecule has 0 aliphatic carbocycles. The highest BCUT2D eigenvalue weighted by atomic mass is 16.1. The Morgan fingerprint density at radius 1 is 1.36 bits per heavy atom. The second kappa shape index (κ2) is 5.25. The SMILES string of the molecule is O=C(NCc1cc2n(n1)CCCC2)c1cc2cncnc2[nH]1. The molecule has 2 N–H and O–H groups in total. The van der Waals surface area contributed by atoms with E-state index in [1.165, 1.54) is 24.9 Å². The lowest BCUT2D eigenvalue weighted by atomic mass is 10.1. The summed E-state index contributed by atoms with van der Waals surface area (Å²) in [6.07, 6.45) is 6.60. The van der Waals surface area contributed by atoms with Gasteiger partial charge in [-0.2, -0.15) is 5.10 Å². The molecule has 0 fully saturated rings. The molecule has 3 aromatic heterocycles. The fourth-order valence-electron chi connectivity index (χ4n) is 2.82. The van der Waals surface area contributed by atoms with Crippen LogP contribution in [0.1, 0.15) is 34.7 Å². The van der Waals surface area contributed by atoms with Crippen LogP contribution in [-0.2, 0) is 19.5 Å². The van der Waals surface area contributed by atoms with Crippen molar-refractivity contribution in [3.8, 4) is 0 Å². The molecule has 3 aromatic rings. The van der Waals surface area contributed by atoms with Crippen LogP contribution in [0.4, 0.5) is 0 Å². The second-order valence-corrected chi connectivity index (χ2v) is 5.50. The van der Waals surface area contributed by atoms with Crippen LogP contribution in [-0.4, -0.2) is 30.6 Å². The number of nitrogens with one attached hydrogen (secondary N) is 2. The first-order valence-electron chi connectivity index (χ1n) is 7.42. The Bertz CT molecular complexity index is 777. The van der Waals surface area contributed by atoms with Gasteiger partial charge in [-0.05, 0) is 31.4 Å². The first kappa shape index (κ1) is 13.0. The van der Waals surface area contributed by atoms with Crippen molar-refractivity contribution in [2.45, 2.75) is 32.4 Å². The molecule has 1 aliphatic heterocycles. The number of nitrogens with zero attached hydrogens (tertiary/aromatic N) is 4. The highest BCUT2D eigenvalue weighted by Crippen LogP contribution is 2.15. The first-order valence-corrected chi connectivity index (χ1v) is 7.42. The van der Waals surface area contributed by atoms with Crippen molar-refractivity contribution < 1.29 is 4.79 Å². The number of amides is 1. The molecule has 0 saturated heterocycles. The summed E-state index contributed by atoms with van der Waals surface area (Å²) in [7, 11) is 0. The molecule has 1 amide bonds. The molecular formula is C15H16N6O. The molecule has 1 aliphatic rings. The molecule has 0 aromatic carbocycles. The summed E-state index contributed by atoms with van der Waals surface area (Å²) >= 11 is 0. The van der Waals surface area contributed by atoms with Gasteiger partial charge in [0.05, 0.1) is 12.2 Å². The van der Waals surface area contributed by atoms with Gasteiger partial charge in [-0.15, -0.1) is 0 Å².